The molecule has 2 aromatic carbocycles. The summed E-state index contributed by atoms with van der Waals surface area (Å²) in [5.74, 6) is 0.703. The van der Waals surface area contributed by atoms with E-state index in [4.69, 9.17) is 0 Å². The minimum Gasteiger partial charge on any atom is -0.340 e. The maximum Gasteiger partial charge on any atom is 0.229 e. The minimum atomic E-state index is -0.292. The van der Waals surface area contributed by atoms with Gasteiger partial charge in [0, 0.05) is 23.1 Å². The number of benzene rings is 2. The summed E-state index contributed by atoms with van der Waals surface area (Å²) < 4.78 is 12.9. The van der Waals surface area contributed by atoms with Crippen LogP contribution in [0.4, 0.5) is 27.5 Å². The predicted molar refractivity (Wildman–Crippen MR) is 86.8 cm³/mol. The number of rotatable bonds is 5. The number of halogens is 1. The molecule has 3 rings (SSSR count). The van der Waals surface area contributed by atoms with Crippen LogP contribution in [-0.4, -0.2) is 16.3 Å². The zero-order chi connectivity index (χ0) is 16.1. The average Bonchev–Trinajstić information content (AvgIpc) is 2.58. The van der Waals surface area contributed by atoms with Gasteiger partial charge in [-0.3, -0.25) is 4.79 Å². The lowest BCUT2D eigenvalue weighted by atomic mass is 10.2. The van der Waals surface area contributed by atoms with Crippen molar-refractivity contribution in [1.82, 2.24) is 9.97 Å². The summed E-state index contributed by atoms with van der Waals surface area (Å²) in [5.41, 5.74) is 2.10. The smallest absolute Gasteiger partial charge is 0.229 e. The van der Waals surface area contributed by atoms with Crippen molar-refractivity contribution in [3.8, 4) is 0 Å². The number of anilines is 4. The molecule has 3 aromatic rings. The largest absolute Gasteiger partial charge is 0.340 e. The summed E-state index contributed by atoms with van der Waals surface area (Å²) in [6.07, 6.45) is 2.40. The monoisotopic (exact) mass is 308 g/mol. The van der Waals surface area contributed by atoms with Crippen LogP contribution >= 0.6 is 0 Å². The highest BCUT2D eigenvalue weighted by atomic mass is 19.1. The topological polar surface area (TPSA) is 66.9 Å². The predicted octanol–water partition coefficient (Wildman–Crippen LogP) is 3.92. The van der Waals surface area contributed by atoms with Gasteiger partial charge in [-0.05, 0) is 54.6 Å². The lowest BCUT2D eigenvalue weighted by Gasteiger charge is -2.08. The second-order valence-corrected chi connectivity index (χ2v) is 4.76. The van der Waals surface area contributed by atoms with Crippen LogP contribution < -0.4 is 10.6 Å². The standard InChI is InChI=1S/C17H13FN4O/c18-13-3-7-14(8-4-13)20-16-9-10-19-17(22-16)21-15-5-1-12(11-23)2-6-15/h1-11H,(H2,19,20,21,22). The molecular formula is C17H13FN4O. The Bertz CT molecular complexity index is 804. The third-order valence-electron chi connectivity index (χ3n) is 3.08. The summed E-state index contributed by atoms with van der Waals surface area (Å²) in [5, 5.41) is 6.12. The van der Waals surface area contributed by atoms with Crippen LogP contribution in [0, 0.1) is 5.82 Å². The van der Waals surface area contributed by atoms with Gasteiger partial charge in [-0.1, -0.05) is 0 Å². The van der Waals surface area contributed by atoms with Crippen LogP contribution in [0.1, 0.15) is 10.4 Å². The van der Waals surface area contributed by atoms with Gasteiger partial charge in [0.05, 0.1) is 0 Å². The third kappa shape index (κ3) is 3.88. The molecule has 0 saturated carbocycles. The Kier molecular flexibility index (Phi) is 4.24. The molecule has 5 nitrogen and oxygen atoms in total. The normalized spacial score (nSPS) is 10.1. The van der Waals surface area contributed by atoms with E-state index in [1.165, 1.54) is 12.1 Å². The molecule has 0 spiro atoms. The van der Waals surface area contributed by atoms with E-state index in [1.54, 1.807) is 48.7 Å². The summed E-state index contributed by atoms with van der Waals surface area (Å²) in [6.45, 7) is 0. The van der Waals surface area contributed by atoms with Crippen LogP contribution in [0.15, 0.2) is 60.8 Å². The van der Waals surface area contributed by atoms with Crippen LogP contribution in [-0.2, 0) is 0 Å². The van der Waals surface area contributed by atoms with Crippen molar-refractivity contribution in [2.45, 2.75) is 0 Å². The molecule has 0 saturated heterocycles. The fraction of sp³-hybridized carbons (Fsp3) is 0. The number of nitrogens with one attached hydrogen (secondary N) is 2. The number of carbonyl (C=O) groups is 1. The highest BCUT2D eigenvalue weighted by Crippen LogP contribution is 2.18. The van der Waals surface area contributed by atoms with Crippen molar-refractivity contribution in [2.24, 2.45) is 0 Å². The van der Waals surface area contributed by atoms with Crippen LogP contribution in [0.3, 0.4) is 0 Å². The van der Waals surface area contributed by atoms with Crippen LogP contribution in [0.2, 0.25) is 0 Å². The fourth-order valence-electron chi connectivity index (χ4n) is 1.94. The molecule has 0 aliphatic rings. The summed E-state index contributed by atoms with van der Waals surface area (Å²) in [4.78, 5) is 19.1. The number of aldehydes is 1. The minimum absolute atomic E-state index is 0.292. The Morgan fingerprint density at radius 3 is 2.22 bits per heavy atom. The van der Waals surface area contributed by atoms with Gasteiger partial charge in [0.2, 0.25) is 5.95 Å². The molecule has 0 unspecified atom stereocenters. The Morgan fingerprint density at radius 1 is 0.870 bits per heavy atom. The first-order valence-electron chi connectivity index (χ1n) is 6.91. The molecule has 0 aliphatic carbocycles. The molecule has 23 heavy (non-hydrogen) atoms. The fourth-order valence-corrected chi connectivity index (χ4v) is 1.94. The van der Waals surface area contributed by atoms with Gasteiger partial charge in [-0.15, -0.1) is 0 Å². The van der Waals surface area contributed by atoms with Crippen molar-refractivity contribution < 1.29 is 9.18 Å². The van der Waals surface area contributed by atoms with Crippen LogP contribution in [0.25, 0.3) is 0 Å². The molecule has 0 bridgehead atoms. The van der Waals surface area contributed by atoms with E-state index in [0.29, 0.717) is 17.3 Å². The quantitative estimate of drug-likeness (QED) is 0.699. The molecule has 2 N–H and O–H groups in total. The van der Waals surface area contributed by atoms with Gasteiger partial charge < -0.3 is 10.6 Å². The Balaban J connectivity index is 1.73. The van der Waals surface area contributed by atoms with Gasteiger partial charge in [0.1, 0.15) is 17.9 Å². The molecule has 0 radical (unpaired) electrons. The molecule has 1 heterocycles. The third-order valence-corrected chi connectivity index (χ3v) is 3.08. The first-order valence-corrected chi connectivity index (χ1v) is 6.91. The Labute approximate surface area is 132 Å². The number of hydrogen-bond donors (Lipinski definition) is 2. The van der Waals surface area contributed by atoms with Crippen molar-refractivity contribution >= 4 is 29.4 Å². The molecule has 0 aliphatic heterocycles. The lowest BCUT2D eigenvalue weighted by molar-refractivity contribution is 0.112. The van der Waals surface area contributed by atoms with Gasteiger partial charge >= 0.3 is 0 Å². The Morgan fingerprint density at radius 2 is 1.52 bits per heavy atom. The number of hydrogen-bond acceptors (Lipinski definition) is 5. The van der Waals surface area contributed by atoms with Gasteiger partial charge in [0.25, 0.3) is 0 Å². The van der Waals surface area contributed by atoms with E-state index in [0.717, 1.165) is 17.7 Å². The number of carbonyl (C=O) groups excluding carboxylic acids is 1. The molecule has 114 valence electrons. The van der Waals surface area contributed by atoms with Gasteiger partial charge in [0.15, 0.2) is 0 Å². The van der Waals surface area contributed by atoms with E-state index in [9.17, 15) is 9.18 Å². The van der Waals surface area contributed by atoms with E-state index < -0.39 is 0 Å². The maximum absolute atomic E-state index is 12.9. The Hall–Kier alpha value is -3.28. The maximum atomic E-state index is 12.9. The van der Waals surface area contributed by atoms with Gasteiger partial charge in [-0.2, -0.15) is 4.98 Å². The lowest BCUT2D eigenvalue weighted by Crippen LogP contribution is -2.00. The van der Waals surface area contributed by atoms with Crippen molar-refractivity contribution in [3.05, 3.63) is 72.2 Å². The molecule has 1 aromatic heterocycles. The number of aromatic nitrogens is 2. The number of nitrogens with zero attached hydrogens (tertiary/aromatic N) is 2. The molecule has 0 fully saturated rings. The molecular weight excluding hydrogens is 295 g/mol. The summed E-state index contributed by atoms with van der Waals surface area (Å²) >= 11 is 0. The second kappa shape index (κ2) is 6.65. The highest BCUT2D eigenvalue weighted by molar-refractivity contribution is 5.76. The van der Waals surface area contributed by atoms with E-state index >= 15 is 0 Å². The van der Waals surface area contributed by atoms with Crippen molar-refractivity contribution in [1.29, 1.82) is 0 Å². The molecule has 6 heteroatoms. The van der Waals surface area contributed by atoms with Crippen molar-refractivity contribution in [2.75, 3.05) is 10.6 Å². The van der Waals surface area contributed by atoms with Gasteiger partial charge in [-0.25, -0.2) is 9.37 Å². The zero-order valence-electron chi connectivity index (χ0n) is 12.0. The molecule has 0 atom stereocenters. The summed E-state index contributed by atoms with van der Waals surface area (Å²) in [7, 11) is 0. The van der Waals surface area contributed by atoms with E-state index in [2.05, 4.69) is 20.6 Å². The first-order chi connectivity index (χ1) is 11.2. The van der Waals surface area contributed by atoms with E-state index in [1.807, 2.05) is 0 Å². The average molecular weight is 308 g/mol. The second-order valence-electron chi connectivity index (χ2n) is 4.76. The molecule has 0 amide bonds. The van der Waals surface area contributed by atoms with Crippen LogP contribution in [0.5, 0.6) is 0 Å². The first kappa shape index (κ1) is 14.6. The van der Waals surface area contributed by atoms with Crippen molar-refractivity contribution in [3.63, 3.8) is 0 Å². The summed E-state index contributed by atoms with van der Waals surface area (Å²) in [6, 6.07) is 14.7. The van der Waals surface area contributed by atoms with E-state index in [-0.39, 0.29) is 5.82 Å². The SMILES string of the molecule is O=Cc1ccc(Nc2nccc(Nc3ccc(F)cc3)n2)cc1. The highest BCUT2D eigenvalue weighted by Gasteiger charge is 2.01. The zero-order valence-corrected chi connectivity index (χ0v) is 12.0.